The normalized spacial score (nSPS) is 12.1. The average molecular weight is 320 g/mol. The van der Waals surface area contributed by atoms with Crippen LogP contribution in [0.5, 0.6) is 11.8 Å². The Morgan fingerprint density at radius 2 is 1.78 bits per heavy atom. The van der Waals surface area contributed by atoms with E-state index in [9.17, 15) is 0 Å². The second kappa shape index (κ2) is 7.38. The highest BCUT2D eigenvalue weighted by Crippen LogP contribution is 2.20. The maximum atomic E-state index is 5.11. The minimum Gasteiger partial charge on any atom is -0.481 e. The van der Waals surface area contributed by atoms with Gasteiger partial charge in [0.15, 0.2) is 0 Å². The summed E-state index contributed by atoms with van der Waals surface area (Å²) in [5.41, 5.74) is 0. The van der Waals surface area contributed by atoms with Gasteiger partial charge in [-0.25, -0.2) is 0 Å². The minimum absolute atomic E-state index is 0.202. The topological polar surface area (TPSA) is 56.7 Å². The molecule has 1 atom stereocenters. The van der Waals surface area contributed by atoms with Crippen molar-refractivity contribution in [3.63, 3.8) is 0 Å². The van der Waals surface area contributed by atoms with Gasteiger partial charge in [-0.15, -0.1) is 0 Å². The van der Waals surface area contributed by atoms with Crippen LogP contribution in [-0.4, -0.2) is 56.3 Å². The number of alkyl halides is 1. The van der Waals surface area contributed by atoms with Gasteiger partial charge in [0.2, 0.25) is 17.7 Å². The number of methoxy groups -OCH3 is 3. The van der Waals surface area contributed by atoms with Crippen LogP contribution in [0, 0.1) is 0 Å². The van der Waals surface area contributed by atoms with Crippen molar-refractivity contribution >= 4 is 21.9 Å². The van der Waals surface area contributed by atoms with E-state index < -0.39 is 0 Å². The fourth-order valence-electron chi connectivity index (χ4n) is 1.38. The number of aromatic nitrogens is 2. The Bertz CT molecular complexity index is 356. The Hall–Kier alpha value is -1.08. The number of nitrogens with zero attached hydrogens (tertiary/aromatic N) is 3. The predicted molar refractivity (Wildman–Crippen MR) is 73.0 cm³/mol. The van der Waals surface area contributed by atoms with E-state index in [2.05, 4.69) is 25.9 Å². The SMILES string of the molecule is COCC(Br)CN(C)c1nc(OC)cc(OC)n1. The second-order valence-corrected chi connectivity index (χ2v) is 4.98. The van der Waals surface area contributed by atoms with E-state index in [1.165, 1.54) is 0 Å². The molecule has 1 aromatic rings. The van der Waals surface area contributed by atoms with Crippen LogP contribution < -0.4 is 14.4 Å². The molecule has 1 heterocycles. The van der Waals surface area contributed by atoms with Crippen molar-refractivity contribution in [3.8, 4) is 11.8 Å². The summed E-state index contributed by atoms with van der Waals surface area (Å²) < 4.78 is 15.3. The smallest absolute Gasteiger partial charge is 0.231 e. The molecule has 18 heavy (non-hydrogen) atoms. The zero-order chi connectivity index (χ0) is 13.5. The van der Waals surface area contributed by atoms with Crippen molar-refractivity contribution in [2.75, 3.05) is 46.4 Å². The minimum atomic E-state index is 0.202. The van der Waals surface area contributed by atoms with Crippen LogP contribution in [0.2, 0.25) is 0 Å². The van der Waals surface area contributed by atoms with Crippen molar-refractivity contribution in [3.05, 3.63) is 6.07 Å². The molecule has 1 rings (SSSR count). The van der Waals surface area contributed by atoms with Gasteiger partial charge in [0.05, 0.1) is 31.7 Å². The van der Waals surface area contributed by atoms with Gasteiger partial charge in [-0.1, -0.05) is 15.9 Å². The molecule has 0 aliphatic rings. The third kappa shape index (κ3) is 4.30. The van der Waals surface area contributed by atoms with Crippen LogP contribution in [0.25, 0.3) is 0 Å². The first kappa shape index (κ1) is 15.0. The molecule has 0 saturated heterocycles. The Kier molecular flexibility index (Phi) is 6.14. The van der Waals surface area contributed by atoms with Crippen molar-refractivity contribution in [2.45, 2.75) is 4.83 Å². The molecule has 1 unspecified atom stereocenters. The molecule has 0 amide bonds. The molecule has 1 aromatic heterocycles. The number of hydrogen-bond donors (Lipinski definition) is 0. The molecule has 0 N–H and O–H groups in total. The Balaban J connectivity index is 2.80. The fraction of sp³-hybridized carbons (Fsp3) is 0.636. The quantitative estimate of drug-likeness (QED) is 0.707. The number of hydrogen-bond acceptors (Lipinski definition) is 6. The highest BCUT2D eigenvalue weighted by molar-refractivity contribution is 9.09. The molecule has 7 heteroatoms. The first-order chi connectivity index (χ1) is 8.60. The summed E-state index contributed by atoms with van der Waals surface area (Å²) in [6.07, 6.45) is 0. The summed E-state index contributed by atoms with van der Waals surface area (Å²) in [4.78, 5) is 10.6. The zero-order valence-electron chi connectivity index (χ0n) is 11.0. The van der Waals surface area contributed by atoms with Crippen molar-refractivity contribution < 1.29 is 14.2 Å². The van der Waals surface area contributed by atoms with E-state index in [4.69, 9.17) is 14.2 Å². The lowest BCUT2D eigenvalue weighted by atomic mass is 10.4. The third-order valence-corrected chi connectivity index (χ3v) is 2.80. The summed E-state index contributed by atoms with van der Waals surface area (Å²) in [6, 6.07) is 1.64. The molecule has 0 radical (unpaired) electrons. The maximum Gasteiger partial charge on any atom is 0.231 e. The Labute approximate surface area is 115 Å². The van der Waals surface area contributed by atoms with Crippen molar-refractivity contribution in [1.82, 2.24) is 9.97 Å². The van der Waals surface area contributed by atoms with Crippen molar-refractivity contribution in [2.24, 2.45) is 0 Å². The van der Waals surface area contributed by atoms with Crippen LogP contribution in [0.1, 0.15) is 0 Å². The highest BCUT2D eigenvalue weighted by atomic mass is 79.9. The molecule has 0 fully saturated rings. The summed E-state index contributed by atoms with van der Waals surface area (Å²) in [6.45, 7) is 1.33. The standard InChI is InChI=1S/C11H18BrN3O3/c1-15(6-8(12)7-16-2)11-13-9(17-3)5-10(14-11)18-4/h5,8H,6-7H2,1-4H3. The van der Waals surface area contributed by atoms with Crippen LogP contribution in [0.4, 0.5) is 5.95 Å². The van der Waals surface area contributed by atoms with Crippen LogP contribution >= 0.6 is 15.9 Å². The summed E-state index contributed by atoms with van der Waals surface area (Å²) >= 11 is 3.52. The van der Waals surface area contributed by atoms with E-state index in [0.29, 0.717) is 30.9 Å². The summed E-state index contributed by atoms with van der Waals surface area (Å²) in [7, 11) is 6.69. The largest absolute Gasteiger partial charge is 0.481 e. The molecule has 6 nitrogen and oxygen atoms in total. The predicted octanol–water partition coefficient (Wildman–Crippen LogP) is 1.34. The van der Waals surface area contributed by atoms with E-state index in [-0.39, 0.29) is 4.83 Å². The number of ether oxygens (including phenoxy) is 3. The summed E-state index contributed by atoms with van der Waals surface area (Å²) in [5.74, 6) is 1.50. The van der Waals surface area contributed by atoms with Gasteiger partial charge in [0, 0.05) is 20.7 Å². The Morgan fingerprint density at radius 3 is 2.22 bits per heavy atom. The van der Waals surface area contributed by atoms with Gasteiger partial charge >= 0.3 is 0 Å². The first-order valence-corrected chi connectivity index (χ1v) is 6.33. The second-order valence-electron chi connectivity index (χ2n) is 3.69. The van der Waals surface area contributed by atoms with Gasteiger partial charge in [-0.2, -0.15) is 9.97 Å². The number of anilines is 1. The third-order valence-electron chi connectivity index (χ3n) is 2.25. The molecule has 0 aliphatic carbocycles. The van der Waals surface area contributed by atoms with E-state index in [0.717, 1.165) is 0 Å². The maximum absolute atomic E-state index is 5.11. The molecule has 102 valence electrons. The van der Waals surface area contributed by atoms with Gasteiger partial charge < -0.3 is 19.1 Å². The fourth-order valence-corrected chi connectivity index (χ4v) is 2.08. The van der Waals surface area contributed by atoms with Crippen LogP contribution in [0.3, 0.4) is 0 Å². The molecule has 0 bridgehead atoms. The van der Waals surface area contributed by atoms with Gasteiger partial charge in [-0.3, -0.25) is 0 Å². The lowest BCUT2D eigenvalue weighted by molar-refractivity contribution is 0.201. The molecule has 0 aliphatic heterocycles. The first-order valence-electron chi connectivity index (χ1n) is 5.42. The Morgan fingerprint density at radius 1 is 1.22 bits per heavy atom. The lowest BCUT2D eigenvalue weighted by Crippen LogP contribution is -2.29. The number of rotatable bonds is 7. The van der Waals surface area contributed by atoms with Gasteiger partial charge in [-0.05, 0) is 0 Å². The van der Waals surface area contributed by atoms with E-state index in [1.54, 1.807) is 27.4 Å². The van der Waals surface area contributed by atoms with Crippen LogP contribution in [0.15, 0.2) is 6.07 Å². The van der Waals surface area contributed by atoms with Gasteiger partial charge in [0.25, 0.3) is 0 Å². The molecule has 0 aromatic carbocycles. The summed E-state index contributed by atoms with van der Waals surface area (Å²) in [5, 5.41) is 0. The van der Waals surface area contributed by atoms with Gasteiger partial charge in [0.1, 0.15) is 0 Å². The average Bonchev–Trinajstić information content (AvgIpc) is 2.38. The molecular formula is C11H18BrN3O3. The lowest BCUT2D eigenvalue weighted by Gasteiger charge is -2.20. The van der Waals surface area contributed by atoms with Crippen LogP contribution in [-0.2, 0) is 4.74 Å². The van der Waals surface area contributed by atoms with Crippen molar-refractivity contribution in [1.29, 1.82) is 0 Å². The molecule has 0 saturated carbocycles. The number of halogens is 1. The van der Waals surface area contributed by atoms with E-state index >= 15 is 0 Å². The molecule has 0 spiro atoms. The molecular weight excluding hydrogens is 302 g/mol. The highest BCUT2D eigenvalue weighted by Gasteiger charge is 2.13. The monoisotopic (exact) mass is 319 g/mol. The zero-order valence-corrected chi connectivity index (χ0v) is 12.6. The van der Waals surface area contributed by atoms with E-state index in [1.807, 2.05) is 11.9 Å².